The van der Waals surface area contributed by atoms with Crippen LogP contribution >= 0.6 is 0 Å². The molecule has 2 N–H and O–H groups in total. The second kappa shape index (κ2) is 4.58. The van der Waals surface area contributed by atoms with Gasteiger partial charge in [-0.3, -0.25) is 0 Å². The third-order valence-electron chi connectivity index (χ3n) is 3.64. The summed E-state index contributed by atoms with van der Waals surface area (Å²) in [6, 6.07) is 9.16. The highest BCUT2D eigenvalue weighted by Crippen LogP contribution is 2.45. The molecule has 0 radical (unpaired) electrons. The van der Waals surface area contributed by atoms with Crippen LogP contribution in [0.3, 0.4) is 0 Å². The zero-order chi connectivity index (χ0) is 11.7. The fourth-order valence-electron chi connectivity index (χ4n) is 2.45. The Morgan fingerprint density at radius 3 is 2.25 bits per heavy atom. The number of nitrogens with two attached hydrogens (primary N) is 1. The lowest BCUT2D eigenvalue weighted by atomic mass is 9.97. The summed E-state index contributed by atoms with van der Waals surface area (Å²) in [5.74, 6) is 2.27. The summed E-state index contributed by atoms with van der Waals surface area (Å²) in [5.41, 5.74) is 8.98. The highest BCUT2D eigenvalue weighted by atomic mass is 14.7. The zero-order valence-corrected chi connectivity index (χ0v) is 10.6. The standard InChI is InChI=1S/C15H23N/c1-10(2)8-12-4-6-13(7-5-12)15(16)14-9-11(14)3/h4-7,10-11,14-15H,8-9,16H2,1-3H3. The highest BCUT2D eigenvalue weighted by molar-refractivity contribution is 5.26. The van der Waals surface area contributed by atoms with Crippen LogP contribution in [0.1, 0.15) is 44.4 Å². The molecule has 1 aliphatic carbocycles. The first-order valence-corrected chi connectivity index (χ1v) is 6.42. The van der Waals surface area contributed by atoms with Crippen LogP contribution in [0.2, 0.25) is 0 Å². The summed E-state index contributed by atoms with van der Waals surface area (Å²) in [7, 11) is 0. The molecular formula is C15H23N. The third-order valence-corrected chi connectivity index (χ3v) is 3.64. The number of hydrogen-bond donors (Lipinski definition) is 1. The van der Waals surface area contributed by atoms with Crippen molar-refractivity contribution < 1.29 is 0 Å². The van der Waals surface area contributed by atoms with E-state index in [9.17, 15) is 0 Å². The minimum Gasteiger partial charge on any atom is -0.324 e. The molecule has 0 heterocycles. The largest absolute Gasteiger partial charge is 0.324 e. The first-order chi connectivity index (χ1) is 7.58. The minimum atomic E-state index is 0.253. The summed E-state index contributed by atoms with van der Waals surface area (Å²) in [6.07, 6.45) is 2.46. The van der Waals surface area contributed by atoms with Gasteiger partial charge in [-0.25, -0.2) is 0 Å². The Balaban J connectivity index is 2.01. The molecule has 0 amide bonds. The molecule has 0 spiro atoms. The minimum absolute atomic E-state index is 0.253. The number of hydrogen-bond acceptors (Lipinski definition) is 1. The molecular weight excluding hydrogens is 194 g/mol. The molecule has 16 heavy (non-hydrogen) atoms. The molecule has 0 saturated heterocycles. The molecule has 1 nitrogen and oxygen atoms in total. The van der Waals surface area contributed by atoms with Gasteiger partial charge in [0.2, 0.25) is 0 Å². The van der Waals surface area contributed by atoms with Crippen molar-refractivity contribution in [1.29, 1.82) is 0 Å². The van der Waals surface area contributed by atoms with E-state index in [1.54, 1.807) is 0 Å². The van der Waals surface area contributed by atoms with Crippen molar-refractivity contribution in [1.82, 2.24) is 0 Å². The summed E-state index contributed by atoms with van der Waals surface area (Å²) in [5, 5.41) is 0. The molecule has 1 fully saturated rings. The van der Waals surface area contributed by atoms with E-state index in [1.807, 2.05) is 0 Å². The Bertz CT molecular complexity index is 339. The maximum Gasteiger partial charge on any atom is 0.0326 e. The SMILES string of the molecule is CC(C)Cc1ccc(C(N)C2CC2C)cc1. The normalized spacial score (nSPS) is 25.8. The van der Waals surface area contributed by atoms with Crippen molar-refractivity contribution in [2.45, 2.75) is 39.7 Å². The van der Waals surface area contributed by atoms with Gasteiger partial charge in [-0.05, 0) is 41.7 Å². The maximum absolute atomic E-state index is 6.24. The van der Waals surface area contributed by atoms with Crippen LogP contribution in [0.5, 0.6) is 0 Å². The van der Waals surface area contributed by atoms with Crippen molar-refractivity contribution in [3.8, 4) is 0 Å². The molecule has 1 aliphatic rings. The van der Waals surface area contributed by atoms with Gasteiger partial charge >= 0.3 is 0 Å². The molecule has 3 unspecified atom stereocenters. The van der Waals surface area contributed by atoms with Crippen LogP contribution in [-0.4, -0.2) is 0 Å². The zero-order valence-electron chi connectivity index (χ0n) is 10.6. The molecule has 88 valence electrons. The quantitative estimate of drug-likeness (QED) is 0.820. The van der Waals surface area contributed by atoms with Crippen LogP contribution in [0.4, 0.5) is 0 Å². The van der Waals surface area contributed by atoms with Gasteiger partial charge in [-0.1, -0.05) is 45.0 Å². The van der Waals surface area contributed by atoms with Crippen LogP contribution < -0.4 is 5.73 Å². The molecule has 0 aromatic heterocycles. The molecule has 0 aliphatic heterocycles. The molecule has 1 aromatic carbocycles. The molecule has 0 bridgehead atoms. The second-order valence-electron chi connectivity index (χ2n) is 5.74. The van der Waals surface area contributed by atoms with E-state index in [-0.39, 0.29) is 6.04 Å². The Morgan fingerprint density at radius 1 is 1.25 bits per heavy atom. The molecule has 2 rings (SSSR count). The first kappa shape index (κ1) is 11.7. The molecule has 1 saturated carbocycles. The average Bonchev–Trinajstić information content (AvgIpc) is 2.95. The maximum atomic E-state index is 6.24. The Hall–Kier alpha value is -0.820. The topological polar surface area (TPSA) is 26.0 Å². The first-order valence-electron chi connectivity index (χ1n) is 6.42. The van der Waals surface area contributed by atoms with Crippen molar-refractivity contribution >= 4 is 0 Å². The average molecular weight is 217 g/mol. The number of benzene rings is 1. The Labute approximate surface area is 99.0 Å². The molecule has 1 aromatic rings. The molecule has 3 atom stereocenters. The van der Waals surface area contributed by atoms with Gasteiger partial charge in [0.25, 0.3) is 0 Å². The van der Waals surface area contributed by atoms with E-state index in [2.05, 4.69) is 45.0 Å². The van der Waals surface area contributed by atoms with Crippen molar-refractivity contribution in [3.05, 3.63) is 35.4 Å². The fourth-order valence-corrected chi connectivity index (χ4v) is 2.45. The van der Waals surface area contributed by atoms with E-state index in [0.717, 1.165) is 24.2 Å². The summed E-state index contributed by atoms with van der Waals surface area (Å²) >= 11 is 0. The van der Waals surface area contributed by atoms with Crippen LogP contribution in [0.15, 0.2) is 24.3 Å². The Kier molecular flexibility index (Phi) is 3.34. The predicted octanol–water partition coefficient (Wildman–Crippen LogP) is 3.54. The van der Waals surface area contributed by atoms with E-state index in [0.29, 0.717) is 0 Å². The van der Waals surface area contributed by atoms with Crippen LogP contribution in [0.25, 0.3) is 0 Å². The summed E-state index contributed by atoms with van der Waals surface area (Å²) < 4.78 is 0. The van der Waals surface area contributed by atoms with Crippen LogP contribution in [-0.2, 0) is 6.42 Å². The number of rotatable bonds is 4. The van der Waals surface area contributed by atoms with Gasteiger partial charge in [-0.2, -0.15) is 0 Å². The Morgan fingerprint density at radius 2 is 1.81 bits per heavy atom. The van der Waals surface area contributed by atoms with Crippen molar-refractivity contribution in [2.75, 3.05) is 0 Å². The predicted molar refractivity (Wildman–Crippen MR) is 69.2 cm³/mol. The fraction of sp³-hybridized carbons (Fsp3) is 0.600. The van der Waals surface area contributed by atoms with Gasteiger partial charge in [0.15, 0.2) is 0 Å². The lowest BCUT2D eigenvalue weighted by molar-refractivity contribution is 0.592. The van der Waals surface area contributed by atoms with Crippen molar-refractivity contribution in [2.24, 2.45) is 23.5 Å². The second-order valence-corrected chi connectivity index (χ2v) is 5.74. The highest BCUT2D eigenvalue weighted by Gasteiger charge is 2.38. The lowest BCUT2D eigenvalue weighted by Gasteiger charge is -2.12. The van der Waals surface area contributed by atoms with E-state index >= 15 is 0 Å². The van der Waals surface area contributed by atoms with Crippen LogP contribution in [0, 0.1) is 17.8 Å². The summed E-state index contributed by atoms with van der Waals surface area (Å²) in [4.78, 5) is 0. The van der Waals surface area contributed by atoms with Gasteiger partial charge in [0, 0.05) is 6.04 Å². The van der Waals surface area contributed by atoms with Gasteiger partial charge in [0.1, 0.15) is 0 Å². The van der Waals surface area contributed by atoms with E-state index in [1.165, 1.54) is 17.5 Å². The lowest BCUT2D eigenvalue weighted by Crippen LogP contribution is -2.13. The van der Waals surface area contributed by atoms with Crippen molar-refractivity contribution in [3.63, 3.8) is 0 Å². The monoisotopic (exact) mass is 217 g/mol. The summed E-state index contributed by atoms with van der Waals surface area (Å²) in [6.45, 7) is 6.80. The van der Waals surface area contributed by atoms with E-state index in [4.69, 9.17) is 5.73 Å². The third kappa shape index (κ3) is 2.65. The van der Waals surface area contributed by atoms with Gasteiger partial charge in [0.05, 0.1) is 0 Å². The van der Waals surface area contributed by atoms with Gasteiger partial charge in [-0.15, -0.1) is 0 Å². The van der Waals surface area contributed by atoms with Gasteiger partial charge < -0.3 is 5.73 Å². The van der Waals surface area contributed by atoms with E-state index < -0.39 is 0 Å². The smallest absolute Gasteiger partial charge is 0.0326 e. The molecule has 1 heteroatoms.